The number of nitrogens with one attached hydrogen (secondary N) is 1. The van der Waals surface area contributed by atoms with Crippen LogP contribution in [0, 0.1) is 25.2 Å². The molecule has 0 aliphatic carbocycles. The molecule has 0 fully saturated rings. The lowest BCUT2D eigenvalue weighted by Crippen LogP contribution is -1.96. The zero-order chi connectivity index (χ0) is 19.7. The fourth-order valence-corrected chi connectivity index (χ4v) is 3.79. The Hall–Kier alpha value is -3.23. The molecule has 2 heterocycles. The number of nitrogens with zero attached hydrogens (tertiary/aromatic N) is 3. The Morgan fingerprint density at radius 1 is 0.964 bits per heavy atom. The second-order valence-corrected chi connectivity index (χ2v) is 7.59. The van der Waals surface area contributed by atoms with Gasteiger partial charge >= 0.3 is 0 Å². The fourth-order valence-electron chi connectivity index (χ4n) is 3.22. The Balaban J connectivity index is 1.67. The summed E-state index contributed by atoms with van der Waals surface area (Å²) < 4.78 is 1.04. The minimum atomic E-state index is 0.420. The molecule has 136 valence electrons. The molecule has 1 N–H and O–H groups in total. The van der Waals surface area contributed by atoms with Crippen LogP contribution in [0.3, 0.4) is 0 Å². The molecule has 0 saturated carbocycles. The summed E-state index contributed by atoms with van der Waals surface area (Å²) in [5.41, 5.74) is 7.59. The summed E-state index contributed by atoms with van der Waals surface area (Å²) in [5.74, 6) is 0. The standard InChI is InChI=1S/C23H17BrN4/c1-14-9-18(24)11-21-22(10-15(2)27-23(14)21)28-19-6-3-16(4-7-19)17-5-8-20(12-25)26-13-17/h3-11,13H,1-2H3,(H,27,28). The number of hydrogen-bond acceptors (Lipinski definition) is 4. The number of benzene rings is 2. The van der Waals surface area contributed by atoms with Gasteiger partial charge in [0.25, 0.3) is 0 Å². The number of anilines is 2. The lowest BCUT2D eigenvalue weighted by molar-refractivity contribution is 1.24. The molecule has 0 atom stereocenters. The van der Waals surface area contributed by atoms with Gasteiger partial charge in [-0.15, -0.1) is 0 Å². The van der Waals surface area contributed by atoms with Crippen LogP contribution in [0.5, 0.6) is 0 Å². The van der Waals surface area contributed by atoms with Crippen molar-refractivity contribution < 1.29 is 0 Å². The molecule has 0 radical (unpaired) electrons. The SMILES string of the molecule is Cc1cc(Nc2ccc(-c3ccc(C#N)nc3)cc2)c2cc(Br)cc(C)c2n1. The van der Waals surface area contributed by atoms with Gasteiger partial charge in [-0.3, -0.25) is 4.98 Å². The van der Waals surface area contributed by atoms with Crippen LogP contribution in [0.15, 0.2) is 65.3 Å². The van der Waals surface area contributed by atoms with Gasteiger partial charge in [0.1, 0.15) is 11.8 Å². The van der Waals surface area contributed by atoms with Crippen LogP contribution < -0.4 is 5.32 Å². The molecule has 0 saturated heterocycles. The molecule has 2 aromatic carbocycles. The Kier molecular flexibility index (Phi) is 4.81. The topological polar surface area (TPSA) is 61.6 Å². The molecular formula is C23H17BrN4. The quantitative estimate of drug-likeness (QED) is 0.416. The van der Waals surface area contributed by atoms with Crippen molar-refractivity contribution in [3.8, 4) is 17.2 Å². The minimum absolute atomic E-state index is 0.420. The number of fused-ring (bicyclic) bond motifs is 1. The van der Waals surface area contributed by atoms with Gasteiger partial charge in [-0.2, -0.15) is 5.26 Å². The van der Waals surface area contributed by atoms with E-state index in [9.17, 15) is 0 Å². The molecule has 5 heteroatoms. The van der Waals surface area contributed by atoms with Gasteiger partial charge in [0.05, 0.1) is 5.52 Å². The fraction of sp³-hybridized carbons (Fsp3) is 0.0870. The second kappa shape index (κ2) is 7.41. The van der Waals surface area contributed by atoms with Crippen molar-refractivity contribution >= 4 is 38.2 Å². The molecule has 4 nitrogen and oxygen atoms in total. The van der Waals surface area contributed by atoms with Crippen molar-refractivity contribution in [2.24, 2.45) is 0 Å². The molecule has 0 amide bonds. The summed E-state index contributed by atoms with van der Waals surface area (Å²) in [4.78, 5) is 8.83. The summed E-state index contributed by atoms with van der Waals surface area (Å²) >= 11 is 3.59. The van der Waals surface area contributed by atoms with Gasteiger partial charge in [-0.25, -0.2) is 4.98 Å². The highest BCUT2D eigenvalue weighted by Crippen LogP contribution is 2.31. The maximum atomic E-state index is 8.88. The van der Waals surface area contributed by atoms with E-state index < -0.39 is 0 Å². The Labute approximate surface area is 172 Å². The van der Waals surface area contributed by atoms with Crippen molar-refractivity contribution in [3.63, 3.8) is 0 Å². The van der Waals surface area contributed by atoms with Crippen molar-refractivity contribution in [1.82, 2.24) is 9.97 Å². The number of hydrogen-bond donors (Lipinski definition) is 1. The summed E-state index contributed by atoms with van der Waals surface area (Å²) in [6.07, 6.45) is 1.72. The van der Waals surface area contributed by atoms with Crippen LogP contribution in [0.4, 0.5) is 11.4 Å². The van der Waals surface area contributed by atoms with Crippen LogP contribution in [0.25, 0.3) is 22.0 Å². The number of halogens is 1. The number of aryl methyl sites for hydroxylation is 2. The lowest BCUT2D eigenvalue weighted by atomic mass is 10.1. The highest BCUT2D eigenvalue weighted by atomic mass is 79.9. The molecule has 0 bridgehead atoms. The zero-order valence-electron chi connectivity index (χ0n) is 15.5. The third kappa shape index (κ3) is 3.60. The third-order valence-corrected chi connectivity index (χ3v) is 5.03. The Bertz CT molecular complexity index is 1210. The van der Waals surface area contributed by atoms with Crippen LogP contribution in [-0.2, 0) is 0 Å². The molecule has 0 unspecified atom stereocenters. The van der Waals surface area contributed by atoms with E-state index in [0.717, 1.165) is 49.1 Å². The van der Waals surface area contributed by atoms with Crippen LogP contribution in [0.2, 0.25) is 0 Å². The first-order chi connectivity index (χ1) is 13.5. The summed E-state index contributed by atoms with van der Waals surface area (Å²) in [6, 6.07) is 20.1. The van der Waals surface area contributed by atoms with E-state index in [4.69, 9.17) is 10.2 Å². The van der Waals surface area contributed by atoms with Crippen molar-refractivity contribution in [2.45, 2.75) is 13.8 Å². The molecular weight excluding hydrogens is 412 g/mol. The molecule has 28 heavy (non-hydrogen) atoms. The van der Waals surface area contributed by atoms with Crippen LogP contribution in [-0.4, -0.2) is 9.97 Å². The van der Waals surface area contributed by atoms with E-state index >= 15 is 0 Å². The van der Waals surface area contributed by atoms with E-state index in [1.54, 1.807) is 12.3 Å². The van der Waals surface area contributed by atoms with Crippen LogP contribution in [0.1, 0.15) is 17.0 Å². The first kappa shape index (κ1) is 18.1. The average Bonchev–Trinajstić information content (AvgIpc) is 2.69. The first-order valence-electron chi connectivity index (χ1n) is 8.84. The Morgan fingerprint density at radius 2 is 1.71 bits per heavy atom. The number of aromatic nitrogens is 2. The van der Waals surface area contributed by atoms with Gasteiger partial charge in [0.2, 0.25) is 0 Å². The van der Waals surface area contributed by atoms with Gasteiger partial charge in [-0.05, 0) is 67.4 Å². The van der Waals surface area contributed by atoms with E-state index in [-0.39, 0.29) is 0 Å². The lowest BCUT2D eigenvalue weighted by Gasteiger charge is -2.13. The monoisotopic (exact) mass is 428 g/mol. The number of rotatable bonds is 3. The van der Waals surface area contributed by atoms with E-state index in [1.165, 1.54) is 0 Å². The van der Waals surface area contributed by atoms with Crippen LogP contribution >= 0.6 is 15.9 Å². The molecule has 4 rings (SSSR count). The van der Waals surface area contributed by atoms with Gasteiger partial charge in [-0.1, -0.05) is 28.1 Å². The normalized spacial score (nSPS) is 10.6. The molecule has 0 aliphatic heterocycles. The smallest absolute Gasteiger partial charge is 0.140 e. The summed E-state index contributed by atoms with van der Waals surface area (Å²) in [5, 5.41) is 13.5. The van der Waals surface area contributed by atoms with Gasteiger partial charge < -0.3 is 5.32 Å². The maximum Gasteiger partial charge on any atom is 0.140 e. The van der Waals surface area contributed by atoms with Crippen molar-refractivity contribution in [3.05, 3.63) is 82.2 Å². The third-order valence-electron chi connectivity index (χ3n) is 4.57. The number of nitriles is 1. The predicted octanol–water partition coefficient (Wildman–Crippen LogP) is 6.29. The largest absolute Gasteiger partial charge is 0.355 e. The highest BCUT2D eigenvalue weighted by molar-refractivity contribution is 9.10. The summed E-state index contributed by atoms with van der Waals surface area (Å²) in [6.45, 7) is 4.08. The predicted molar refractivity (Wildman–Crippen MR) is 117 cm³/mol. The highest BCUT2D eigenvalue weighted by Gasteiger charge is 2.09. The van der Waals surface area contributed by atoms with Gasteiger partial charge in [0, 0.05) is 38.7 Å². The molecule has 0 aliphatic rings. The van der Waals surface area contributed by atoms with Crippen molar-refractivity contribution in [1.29, 1.82) is 5.26 Å². The van der Waals surface area contributed by atoms with Crippen molar-refractivity contribution in [2.75, 3.05) is 5.32 Å². The average molecular weight is 429 g/mol. The molecule has 4 aromatic rings. The van der Waals surface area contributed by atoms with Gasteiger partial charge in [0.15, 0.2) is 0 Å². The number of pyridine rings is 2. The summed E-state index contributed by atoms with van der Waals surface area (Å²) in [7, 11) is 0. The zero-order valence-corrected chi connectivity index (χ0v) is 17.1. The van der Waals surface area contributed by atoms with E-state index in [1.807, 2.05) is 43.3 Å². The Morgan fingerprint density at radius 3 is 2.39 bits per heavy atom. The minimum Gasteiger partial charge on any atom is -0.355 e. The molecule has 0 spiro atoms. The van der Waals surface area contributed by atoms with E-state index in [0.29, 0.717) is 5.69 Å². The second-order valence-electron chi connectivity index (χ2n) is 6.68. The van der Waals surface area contributed by atoms with E-state index in [2.05, 4.69) is 51.4 Å². The molecule has 2 aromatic heterocycles. The maximum absolute atomic E-state index is 8.88. The first-order valence-corrected chi connectivity index (χ1v) is 9.64.